The highest BCUT2D eigenvalue weighted by Gasteiger charge is 2.12. The minimum absolute atomic E-state index is 0.0451. The molecule has 20 heavy (non-hydrogen) atoms. The Hall–Kier alpha value is -1.47. The molecule has 0 aliphatic carbocycles. The molecule has 1 aromatic carbocycles. The number of sulfone groups is 1. The van der Waals surface area contributed by atoms with Crippen molar-refractivity contribution in [1.29, 1.82) is 0 Å². The highest BCUT2D eigenvalue weighted by atomic mass is 32.2. The van der Waals surface area contributed by atoms with Crippen LogP contribution in [0.4, 0.5) is 4.39 Å². The van der Waals surface area contributed by atoms with Gasteiger partial charge < -0.3 is 4.74 Å². The van der Waals surface area contributed by atoms with E-state index in [1.54, 1.807) is 12.3 Å². The predicted octanol–water partition coefficient (Wildman–Crippen LogP) is 2.80. The lowest BCUT2D eigenvalue weighted by atomic mass is 10.3. The van der Waals surface area contributed by atoms with Crippen LogP contribution < -0.4 is 4.74 Å². The van der Waals surface area contributed by atoms with E-state index in [1.807, 2.05) is 0 Å². The molecule has 0 N–H and O–H groups in total. The maximum absolute atomic E-state index is 12.7. The Balaban J connectivity index is 1.94. The van der Waals surface area contributed by atoms with Crippen molar-refractivity contribution in [1.82, 2.24) is 4.98 Å². The molecule has 0 atom stereocenters. The van der Waals surface area contributed by atoms with Gasteiger partial charge in [0, 0.05) is 11.1 Å². The molecule has 0 saturated carbocycles. The van der Waals surface area contributed by atoms with Crippen LogP contribution in [0.25, 0.3) is 0 Å². The van der Waals surface area contributed by atoms with E-state index in [2.05, 4.69) is 4.98 Å². The normalized spacial score (nSPS) is 11.5. The summed E-state index contributed by atoms with van der Waals surface area (Å²) in [5.41, 5.74) is 0.537. The fourth-order valence-electron chi connectivity index (χ4n) is 1.48. The number of hydrogen-bond donors (Lipinski definition) is 0. The fraction of sp³-hybridized carbons (Fsp3) is 0.308. The topological polar surface area (TPSA) is 56.3 Å². The molecule has 0 radical (unpaired) electrons. The molecule has 1 heterocycles. The van der Waals surface area contributed by atoms with E-state index in [-0.39, 0.29) is 23.9 Å². The third kappa shape index (κ3) is 4.28. The van der Waals surface area contributed by atoms with E-state index in [0.29, 0.717) is 16.5 Å². The average molecular weight is 315 g/mol. The fourth-order valence-corrected chi connectivity index (χ4v) is 3.10. The second-order valence-corrected chi connectivity index (χ2v) is 7.45. The van der Waals surface area contributed by atoms with E-state index in [9.17, 15) is 12.8 Å². The summed E-state index contributed by atoms with van der Waals surface area (Å²) in [7, 11) is -3.07. The molecule has 108 valence electrons. The van der Waals surface area contributed by atoms with Gasteiger partial charge >= 0.3 is 0 Å². The first kappa shape index (κ1) is 14.9. The number of aromatic nitrogens is 1. The third-order valence-corrected chi connectivity index (χ3v) is 5.07. The van der Waals surface area contributed by atoms with Crippen LogP contribution in [-0.2, 0) is 22.2 Å². The molecule has 2 rings (SSSR count). The lowest BCUT2D eigenvalue weighted by Gasteiger charge is -2.03. The van der Waals surface area contributed by atoms with Crippen molar-refractivity contribution in [2.24, 2.45) is 0 Å². The zero-order valence-corrected chi connectivity index (χ0v) is 12.5. The second-order valence-electron chi connectivity index (χ2n) is 4.15. The molecule has 0 aliphatic rings. The van der Waals surface area contributed by atoms with E-state index < -0.39 is 9.84 Å². The number of halogens is 1. The van der Waals surface area contributed by atoms with E-state index in [0.717, 1.165) is 0 Å². The summed E-state index contributed by atoms with van der Waals surface area (Å²) in [6.45, 7) is 1.85. The number of nitrogens with zero attached hydrogens (tertiary/aromatic N) is 1. The molecule has 0 amide bonds. The van der Waals surface area contributed by atoms with Gasteiger partial charge in [-0.3, -0.25) is 0 Å². The Kier molecular flexibility index (Phi) is 4.72. The van der Waals surface area contributed by atoms with E-state index >= 15 is 0 Å². The number of thiazole rings is 1. The van der Waals surface area contributed by atoms with Crippen LogP contribution in [0.1, 0.15) is 17.6 Å². The zero-order valence-electron chi connectivity index (χ0n) is 10.9. The van der Waals surface area contributed by atoms with Crippen LogP contribution in [0.3, 0.4) is 0 Å². The van der Waals surface area contributed by atoms with Crippen molar-refractivity contribution in [3.63, 3.8) is 0 Å². The summed E-state index contributed by atoms with van der Waals surface area (Å²) in [6.07, 6.45) is 0. The molecule has 0 bridgehead atoms. The third-order valence-electron chi connectivity index (χ3n) is 2.58. The molecule has 1 aromatic heterocycles. The summed E-state index contributed by atoms with van der Waals surface area (Å²) in [5, 5.41) is 2.41. The molecular formula is C13H14FNO3S2. The van der Waals surface area contributed by atoms with E-state index in [1.165, 1.54) is 35.6 Å². The van der Waals surface area contributed by atoms with Gasteiger partial charge in [-0.05, 0) is 24.3 Å². The molecule has 0 aliphatic heterocycles. The quantitative estimate of drug-likeness (QED) is 0.822. The SMILES string of the molecule is CCS(=O)(=O)Cc1csc(COc2ccc(F)cc2)n1. The lowest BCUT2D eigenvalue weighted by Crippen LogP contribution is -2.07. The first-order valence-electron chi connectivity index (χ1n) is 6.00. The largest absolute Gasteiger partial charge is 0.486 e. The van der Waals surface area contributed by atoms with Gasteiger partial charge in [0.15, 0.2) is 9.84 Å². The van der Waals surface area contributed by atoms with Crippen molar-refractivity contribution >= 4 is 21.2 Å². The van der Waals surface area contributed by atoms with Crippen molar-refractivity contribution in [2.75, 3.05) is 5.75 Å². The van der Waals surface area contributed by atoms with Crippen LogP contribution >= 0.6 is 11.3 Å². The van der Waals surface area contributed by atoms with Gasteiger partial charge in [0.2, 0.25) is 0 Å². The van der Waals surface area contributed by atoms with Gasteiger partial charge in [-0.2, -0.15) is 0 Å². The number of ether oxygens (including phenoxy) is 1. The van der Waals surface area contributed by atoms with Gasteiger partial charge in [-0.1, -0.05) is 6.92 Å². The lowest BCUT2D eigenvalue weighted by molar-refractivity contribution is 0.305. The van der Waals surface area contributed by atoms with Gasteiger partial charge in [-0.15, -0.1) is 11.3 Å². The van der Waals surface area contributed by atoms with Crippen LogP contribution in [0.15, 0.2) is 29.6 Å². The molecule has 0 saturated heterocycles. The molecular weight excluding hydrogens is 301 g/mol. The molecule has 0 spiro atoms. The van der Waals surface area contributed by atoms with Gasteiger partial charge in [0.05, 0.1) is 11.4 Å². The summed E-state index contributed by atoms with van der Waals surface area (Å²) in [6, 6.07) is 5.70. The Morgan fingerprint density at radius 1 is 1.30 bits per heavy atom. The zero-order chi connectivity index (χ0) is 14.6. The minimum Gasteiger partial charge on any atom is -0.486 e. The van der Waals surface area contributed by atoms with E-state index in [4.69, 9.17) is 4.74 Å². The van der Waals surface area contributed by atoms with Crippen molar-refractivity contribution < 1.29 is 17.5 Å². The van der Waals surface area contributed by atoms with Gasteiger partial charge in [0.1, 0.15) is 23.2 Å². The van der Waals surface area contributed by atoms with Crippen LogP contribution in [0, 0.1) is 5.82 Å². The minimum atomic E-state index is -3.07. The molecule has 0 fully saturated rings. The average Bonchev–Trinajstić information content (AvgIpc) is 2.85. The van der Waals surface area contributed by atoms with Gasteiger partial charge in [0.25, 0.3) is 0 Å². The Morgan fingerprint density at radius 2 is 2.00 bits per heavy atom. The Labute approximate surface area is 121 Å². The van der Waals surface area contributed by atoms with Crippen LogP contribution in [0.5, 0.6) is 5.75 Å². The first-order chi connectivity index (χ1) is 9.48. The summed E-state index contributed by atoms with van der Waals surface area (Å²) < 4.78 is 41.1. The molecule has 2 aromatic rings. The Morgan fingerprint density at radius 3 is 2.65 bits per heavy atom. The Bertz CT molecular complexity index is 665. The van der Waals surface area contributed by atoms with Crippen LogP contribution in [-0.4, -0.2) is 19.2 Å². The van der Waals surface area contributed by atoms with Gasteiger partial charge in [-0.25, -0.2) is 17.8 Å². The highest BCUT2D eigenvalue weighted by Crippen LogP contribution is 2.17. The standard InChI is InChI=1S/C13H14FNO3S2/c1-2-20(16,17)9-11-8-19-13(15-11)7-18-12-5-3-10(14)4-6-12/h3-6,8H,2,7,9H2,1H3. The van der Waals surface area contributed by atoms with Crippen molar-refractivity contribution in [3.05, 3.63) is 46.2 Å². The summed E-state index contributed by atoms with van der Waals surface area (Å²) in [5.74, 6) is 0.283. The maximum atomic E-state index is 12.7. The smallest absolute Gasteiger partial charge is 0.155 e. The van der Waals surface area contributed by atoms with Crippen molar-refractivity contribution in [2.45, 2.75) is 19.3 Å². The number of rotatable bonds is 6. The summed E-state index contributed by atoms with van der Waals surface area (Å²) in [4.78, 5) is 4.22. The first-order valence-corrected chi connectivity index (χ1v) is 8.70. The van der Waals surface area contributed by atoms with Crippen LogP contribution in [0.2, 0.25) is 0 Å². The second kappa shape index (κ2) is 6.32. The molecule has 4 nitrogen and oxygen atoms in total. The molecule has 7 heteroatoms. The highest BCUT2D eigenvalue weighted by molar-refractivity contribution is 7.90. The maximum Gasteiger partial charge on any atom is 0.155 e. The molecule has 0 unspecified atom stereocenters. The number of benzene rings is 1. The summed E-state index contributed by atoms with van der Waals surface area (Å²) >= 11 is 1.35. The predicted molar refractivity (Wildman–Crippen MR) is 76.0 cm³/mol. The number of hydrogen-bond acceptors (Lipinski definition) is 5. The monoisotopic (exact) mass is 315 g/mol. The van der Waals surface area contributed by atoms with Crippen molar-refractivity contribution in [3.8, 4) is 5.75 Å².